The van der Waals surface area contributed by atoms with E-state index in [1.165, 1.54) is 25.3 Å². The molecule has 6 nitrogen and oxygen atoms in total. The summed E-state index contributed by atoms with van der Waals surface area (Å²) in [7, 11) is -2.30. The van der Waals surface area contributed by atoms with E-state index >= 15 is 0 Å². The van der Waals surface area contributed by atoms with Crippen LogP contribution >= 0.6 is 11.6 Å². The topological polar surface area (TPSA) is 75.7 Å². The fourth-order valence-electron chi connectivity index (χ4n) is 3.67. The zero-order chi connectivity index (χ0) is 22.9. The van der Waals surface area contributed by atoms with Gasteiger partial charge in [-0.15, -0.1) is 0 Å². The largest absolute Gasteiger partial charge is 0.495 e. The van der Waals surface area contributed by atoms with Gasteiger partial charge in [-0.25, -0.2) is 13.1 Å². The molecule has 0 fully saturated rings. The van der Waals surface area contributed by atoms with Gasteiger partial charge in [0.15, 0.2) is 0 Å². The van der Waals surface area contributed by atoms with E-state index in [4.69, 9.17) is 16.3 Å². The average molecular weight is 471 g/mol. The fourth-order valence-corrected chi connectivity index (χ4v) is 5.04. The molecule has 4 rings (SSSR count). The maximum absolute atomic E-state index is 13.0. The van der Waals surface area contributed by atoms with Crippen LogP contribution in [0.4, 0.5) is 5.69 Å². The Morgan fingerprint density at radius 2 is 1.84 bits per heavy atom. The summed E-state index contributed by atoms with van der Waals surface area (Å²) < 4.78 is 33.1. The summed E-state index contributed by atoms with van der Waals surface area (Å²) in [6.07, 6.45) is 0.767. The van der Waals surface area contributed by atoms with E-state index in [1.54, 1.807) is 4.90 Å². The summed E-state index contributed by atoms with van der Waals surface area (Å²) in [6, 6.07) is 17.5. The Balaban J connectivity index is 1.52. The molecule has 0 saturated heterocycles. The summed E-state index contributed by atoms with van der Waals surface area (Å²) >= 11 is 6.07. The molecular formula is C24H23ClN2O4S. The Kier molecular flexibility index (Phi) is 6.24. The van der Waals surface area contributed by atoms with Crippen LogP contribution in [0.1, 0.15) is 27.0 Å². The molecule has 3 aromatic rings. The van der Waals surface area contributed by atoms with Gasteiger partial charge >= 0.3 is 0 Å². The first-order valence-corrected chi connectivity index (χ1v) is 12.0. The maximum atomic E-state index is 13.0. The number of halogens is 1. The number of nitrogens with zero attached hydrogens (tertiary/aromatic N) is 1. The first kappa shape index (κ1) is 22.3. The summed E-state index contributed by atoms with van der Waals surface area (Å²) in [6.45, 7) is 2.67. The highest BCUT2D eigenvalue weighted by molar-refractivity contribution is 7.89. The number of aryl methyl sites for hydroxylation is 1. The number of amides is 1. The van der Waals surface area contributed by atoms with Crippen LogP contribution in [-0.2, 0) is 23.0 Å². The number of ether oxygens (including phenoxy) is 1. The second-order valence-electron chi connectivity index (χ2n) is 7.66. The van der Waals surface area contributed by atoms with Gasteiger partial charge in [-0.3, -0.25) is 4.79 Å². The van der Waals surface area contributed by atoms with Gasteiger partial charge in [-0.1, -0.05) is 41.4 Å². The van der Waals surface area contributed by atoms with Gasteiger partial charge in [0.1, 0.15) is 5.75 Å². The Hall–Kier alpha value is -2.87. The normalized spacial score (nSPS) is 13.2. The van der Waals surface area contributed by atoms with Crippen LogP contribution in [0.5, 0.6) is 5.75 Å². The number of carbonyl (C=O) groups excluding carboxylic acids is 1. The monoisotopic (exact) mass is 470 g/mol. The van der Waals surface area contributed by atoms with Crippen LogP contribution in [0.2, 0.25) is 5.02 Å². The van der Waals surface area contributed by atoms with Crippen molar-refractivity contribution in [1.29, 1.82) is 0 Å². The molecular weight excluding hydrogens is 448 g/mol. The number of sulfonamides is 1. The molecule has 0 saturated carbocycles. The molecule has 1 heterocycles. The Morgan fingerprint density at radius 1 is 1.09 bits per heavy atom. The van der Waals surface area contributed by atoms with Crippen molar-refractivity contribution in [2.24, 2.45) is 0 Å². The molecule has 0 bridgehead atoms. The Bertz CT molecular complexity index is 1270. The molecule has 32 heavy (non-hydrogen) atoms. The molecule has 0 atom stereocenters. The van der Waals surface area contributed by atoms with E-state index in [0.29, 0.717) is 17.9 Å². The number of methoxy groups -OCH3 is 1. The predicted molar refractivity (Wildman–Crippen MR) is 125 cm³/mol. The molecule has 166 valence electrons. The lowest BCUT2D eigenvalue weighted by Gasteiger charge is -2.18. The minimum absolute atomic E-state index is 0.0561. The summed E-state index contributed by atoms with van der Waals surface area (Å²) in [4.78, 5) is 14.8. The fraction of sp³-hybridized carbons (Fsp3) is 0.208. The van der Waals surface area contributed by atoms with Crippen LogP contribution in [0, 0.1) is 6.92 Å². The van der Waals surface area contributed by atoms with E-state index in [2.05, 4.69) is 4.72 Å². The van der Waals surface area contributed by atoms with Gasteiger partial charge in [0.2, 0.25) is 10.0 Å². The number of fused-ring (bicyclic) bond motifs is 1. The van der Waals surface area contributed by atoms with Crippen molar-refractivity contribution < 1.29 is 17.9 Å². The van der Waals surface area contributed by atoms with Gasteiger partial charge < -0.3 is 9.64 Å². The number of anilines is 1. The van der Waals surface area contributed by atoms with Crippen molar-refractivity contribution in [3.8, 4) is 5.75 Å². The van der Waals surface area contributed by atoms with E-state index in [-0.39, 0.29) is 22.4 Å². The zero-order valence-corrected chi connectivity index (χ0v) is 19.3. The first-order chi connectivity index (χ1) is 15.3. The van der Waals surface area contributed by atoms with Crippen molar-refractivity contribution in [3.05, 3.63) is 87.9 Å². The third-order valence-corrected chi connectivity index (χ3v) is 7.18. The predicted octanol–water partition coefficient (Wildman–Crippen LogP) is 4.34. The minimum atomic E-state index is -3.77. The number of nitrogens with one attached hydrogen (secondary N) is 1. The SMILES string of the molecule is COc1ccc(S(=O)(=O)NCc2ccc3c(c2)N(C(=O)c2ccc(C)cc2)CC3)cc1Cl. The van der Waals surface area contributed by atoms with E-state index < -0.39 is 10.0 Å². The number of carbonyl (C=O) groups is 1. The van der Waals surface area contributed by atoms with Crippen LogP contribution in [0.25, 0.3) is 0 Å². The molecule has 1 aliphatic heterocycles. The van der Waals surface area contributed by atoms with Crippen LogP contribution in [0.15, 0.2) is 65.6 Å². The van der Waals surface area contributed by atoms with Crippen molar-refractivity contribution in [2.45, 2.75) is 24.8 Å². The van der Waals surface area contributed by atoms with E-state index in [1.807, 2.05) is 49.4 Å². The lowest BCUT2D eigenvalue weighted by molar-refractivity contribution is 0.0989. The lowest BCUT2D eigenvalue weighted by Crippen LogP contribution is -2.29. The summed E-state index contributed by atoms with van der Waals surface area (Å²) in [5.41, 5.74) is 4.37. The number of hydrogen-bond donors (Lipinski definition) is 1. The van der Waals surface area contributed by atoms with Crippen LogP contribution < -0.4 is 14.4 Å². The Morgan fingerprint density at radius 3 is 2.53 bits per heavy atom. The van der Waals surface area contributed by atoms with Crippen LogP contribution in [-0.4, -0.2) is 28.0 Å². The zero-order valence-electron chi connectivity index (χ0n) is 17.8. The quantitative estimate of drug-likeness (QED) is 0.581. The van der Waals surface area contributed by atoms with Gasteiger partial charge in [0, 0.05) is 24.3 Å². The first-order valence-electron chi connectivity index (χ1n) is 10.1. The van der Waals surface area contributed by atoms with Crippen molar-refractivity contribution in [3.63, 3.8) is 0 Å². The van der Waals surface area contributed by atoms with Gasteiger partial charge in [0.05, 0.1) is 17.0 Å². The molecule has 0 spiro atoms. The van der Waals surface area contributed by atoms with Gasteiger partial charge in [-0.05, 0) is 60.9 Å². The third-order valence-electron chi connectivity index (χ3n) is 5.49. The molecule has 8 heteroatoms. The lowest BCUT2D eigenvalue weighted by atomic mass is 10.1. The van der Waals surface area contributed by atoms with Crippen molar-refractivity contribution in [2.75, 3.05) is 18.6 Å². The van der Waals surface area contributed by atoms with E-state index in [0.717, 1.165) is 28.8 Å². The number of benzene rings is 3. The smallest absolute Gasteiger partial charge is 0.258 e. The molecule has 1 amide bonds. The van der Waals surface area contributed by atoms with Gasteiger partial charge in [0.25, 0.3) is 5.91 Å². The maximum Gasteiger partial charge on any atom is 0.258 e. The second-order valence-corrected chi connectivity index (χ2v) is 9.83. The molecule has 1 N–H and O–H groups in total. The molecule has 0 aliphatic carbocycles. The average Bonchev–Trinajstić information content (AvgIpc) is 3.21. The second kappa shape index (κ2) is 8.94. The van der Waals surface area contributed by atoms with Crippen molar-refractivity contribution >= 4 is 33.2 Å². The summed E-state index contributed by atoms with van der Waals surface area (Å²) in [5, 5.41) is 0.221. The molecule has 0 aromatic heterocycles. The highest BCUT2D eigenvalue weighted by Gasteiger charge is 2.26. The highest BCUT2D eigenvalue weighted by Crippen LogP contribution is 2.31. The number of rotatable bonds is 6. The number of hydrogen-bond acceptors (Lipinski definition) is 4. The van der Waals surface area contributed by atoms with Crippen molar-refractivity contribution in [1.82, 2.24) is 4.72 Å². The standard InChI is InChI=1S/C24H23ClN2O4S/c1-16-3-6-19(7-4-16)24(28)27-12-11-18-8-5-17(13-22(18)27)15-26-32(29,30)20-9-10-23(31-2)21(25)14-20/h3-10,13-14,26H,11-12,15H2,1-2H3. The molecule has 1 aliphatic rings. The molecule has 0 radical (unpaired) electrons. The van der Waals surface area contributed by atoms with Crippen LogP contribution in [0.3, 0.4) is 0 Å². The highest BCUT2D eigenvalue weighted by atomic mass is 35.5. The third kappa shape index (κ3) is 4.50. The van der Waals surface area contributed by atoms with E-state index in [9.17, 15) is 13.2 Å². The molecule has 3 aromatic carbocycles. The van der Waals surface area contributed by atoms with Gasteiger partial charge in [-0.2, -0.15) is 0 Å². The summed E-state index contributed by atoms with van der Waals surface area (Å²) in [5.74, 6) is 0.344. The minimum Gasteiger partial charge on any atom is -0.495 e. The Labute approximate surface area is 192 Å². The molecule has 0 unspecified atom stereocenters.